The lowest BCUT2D eigenvalue weighted by Gasteiger charge is -2.33. The van der Waals surface area contributed by atoms with Gasteiger partial charge in [0.15, 0.2) is 17.3 Å². The lowest BCUT2D eigenvalue weighted by Crippen LogP contribution is -3.13. The number of hydrogen-bond donors (Lipinski definition) is 2. The van der Waals surface area contributed by atoms with Crippen molar-refractivity contribution in [1.29, 1.82) is 0 Å². The first kappa shape index (κ1) is 17.5. The number of nitrogens with zero attached hydrogens (tertiary/aromatic N) is 3. The van der Waals surface area contributed by atoms with Crippen LogP contribution in [-0.2, 0) is 6.54 Å². The van der Waals surface area contributed by atoms with Crippen molar-refractivity contribution in [3.8, 4) is 11.5 Å². The Morgan fingerprint density at radius 1 is 1.07 bits per heavy atom. The van der Waals surface area contributed by atoms with Gasteiger partial charge in [-0.25, -0.2) is 9.97 Å². The molecule has 0 aliphatic carbocycles. The third kappa shape index (κ3) is 2.85. The predicted octanol–water partition coefficient (Wildman–Crippen LogP) is 2.05. The Balaban J connectivity index is 1.22. The van der Waals surface area contributed by atoms with Gasteiger partial charge in [0, 0.05) is 16.5 Å². The molecule has 0 atom stereocenters. The van der Waals surface area contributed by atoms with Gasteiger partial charge in [0.1, 0.15) is 23.9 Å². The van der Waals surface area contributed by atoms with E-state index in [0.29, 0.717) is 6.79 Å². The van der Waals surface area contributed by atoms with Crippen LogP contribution in [0.1, 0.15) is 11.1 Å². The van der Waals surface area contributed by atoms with Crippen LogP contribution in [0.15, 0.2) is 42.7 Å². The Hall–Kier alpha value is -3.32. The Labute approximate surface area is 174 Å². The third-order valence-corrected chi connectivity index (χ3v) is 6.26. The van der Waals surface area contributed by atoms with Gasteiger partial charge in [-0.05, 0) is 36.8 Å². The van der Waals surface area contributed by atoms with E-state index in [-0.39, 0.29) is 0 Å². The average molecular weight is 402 g/mol. The van der Waals surface area contributed by atoms with E-state index in [4.69, 9.17) is 9.47 Å². The van der Waals surface area contributed by atoms with Crippen LogP contribution in [0.2, 0.25) is 0 Å². The van der Waals surface area contributed by atoms with Crippen LogP contribution in [0.3, 0.4) is 0 Å². The van der Waals surface area contributed by atoms with E-state index >= 15 is 0 Å². The van der Waals surface area contributed by atoms with Crippen molar-refractivity contribution in [2.24, 2.45) is 0 Å². The van der Waals surface area contributed by atoms with Gasteiger partial charge in [-0.3, -0.25) is 0 Å². The van der Waals surface area contributed by atoms with Gasteiger partial charge in [-0.2, -0.15) is 0 Å². The maximum absolute atomic E-state index is 5.52. The Morgan fingerprint density at radius 3 is 2.83 bits per heavy atom. The number of anilines is 1. The minimum absolute atomic E-state index is 0.324. The van der Waals surface area contributed by atoms with Gasteiger partial charge in [0.05, 0.1) is 26.2 Å². The fourth-order valence-electron chi connectivity index (χ4n) is 4.69. The highest BCUT2D eigenvalue weighted by Crippen LogP contribution is 2.33. The molecule has 0 unspecified atom stereocenters. The monoisotopic (exact) mass is 402 g/mol. The molecule has 152 valence electrons. The fraction of sp³-hybridized carbons (Fsp3) is 0.304. The number of quaternary nitrogens is 1. The van der Waals surface area contributed by atoms with Crippen LogP contribution in [0, 0.1) is 6.92 Å². The highest BCUT2D eigenvalue weighted by Gasteiger charge is 2.24. The second kappa shape index (κ2) is 6.88. The number of fused-ring (bicyclic) bond motifs is 4. The van der Waals surface area contributed by atoms with Gasteiger partial charge in [0.2, 0.25) is 6.79 Å². The van der Waals surface area contributed by atoms with Gasteiger partial charge < -0.3 is 24.3 Å². The third-order valence-electron chi connectivity index (χ3n) is 6.26. The number of nitrogens with one attached hydrogen (secondary N) is 2. The molecule has 30 heavy (non-hydrogen) atoms. The van der Waals surface area contributed by atoms with Crippen molar-refractivity contribution in [1.82, 2.24) is 15.0 Å². The molecule has 0 radical (unpaired) electrons. The summed E-state index contributed by atoms with van der Waals surface area (Å²) in [7, 11) is 0. The molecule has 7 heteroatoms. The van der Waals surface area contributed by atoms with E-state index in [1.807, 2.05) is 6.07 Å². The van der Waals surface area contributed by atoms with E-state index in [0.717, 1.165) is 66.6 Å². The van der Waals surface area contributed by atoms with Crippen molar-refractivity contribution in [3.05, 3.63) is 53.9 Å². The van der Waals surface area contributed by atoms with Gasteiger partial charge in [-0.15, -0.1) is 0 Å². The number of piperazine rings is 1. The molecule has 2 aromatic heterocycles. The van der Waals surface area contributed by atoms with Crippen LogP contribution in [0.5, 0.6) is 11.5 Å². The number of rotatable bonds is 3. The molecule has 1 fully saturated rings. The molecule has 4 heterocycles. The van der Waals surface area contributed by atoms with Crippen LogP contribution in [0.25, 0.3) is 21.9 Å². The summed E-state index contributed by atoms with van der Waals surface area (Å²) < 4.78 is 10.9. The van der Waals surface area contributed by atoms with E-state index in [9.17, 15) is 0 Å². The molecular weight excluding hydrogens is 378 g/mol. The van der Waals surface area contributed by atoms with Crippen molar-refractivity contribution >= 4 is 27.8 Å². The zero-order chi connectivity index (χ0) is 20.1. The summed E-state index contributed by atoms with van der Waals surface area (Å²) in [5.74, 6) is 2.72. The molecule has 2 aromatic carbocycles. The number of H-pyrrole nitrogens is 1. The molecule has 2 aliphatic heterocycles. The van der Waals surface area contributed by atoms with Crippen LogP contribution in [-0.4, -0.2) is 47.9 Å². The summed E-state index contributed by atoms with van der Waals surface area (Å²) in [5.41, 5.74) is 5.71. The summed E-state index contributed by atoms with van der Waals surface area (Å²) in [5, 5.41) is 1.20. The highest BCUT2D eigenvalue weighted by molar-refractivity contribution is 6.09. The maximum Gasteiger partial charge on any atom is 0.231 e. The van der Waals surface area contributed by atoms with Crippen molar-refractivity contribution in [2.75, 3.05) is 37.9 Å². The Kier molecular flexibility index (Phi) is 4.02. The molecule has 4 aromatic rings. The van der Waals surface area contributed by atoms with E-state index < -0.39 is 0 Å². The normalized spacial score (nSPS) is 16.6. The Bertz CT molecular complexity index is 1240. The van der Waals surface area contributed by atoms with Gasteiger partial charge in [-0.1, -0.05) is 12.1 Å². The molecule has 2 N–H and O–H groups in total. The average Bonchev–Trinajstić information content (AvgIpc) is 3.38. The quantitative estimate of drug-likeness (QED) is 0.549. The molecule has 0 bridgehead atoms. The number of aromatic nitrogens is 3. The van der Waals surface area contributed by atoms with Gasteiger partial charge >= 0.3 is 0 Å². The first-order valence-electron chi connectivity index (χ1n) is 10.5. The number of aromatic amines is 1. The minimum atomic E-state index is 0.324. The van der Waals surface area contributed by atoms with Crippen molar-refractivity contribution < 1.29 is 14.4 Å². The molecule has 0 spiro atoms. The number of benzene rings is 2. The van der Waals surface area contributed by atoms with Crippen LogP contribution in [0.4, 0.5) is 5.82 Å². The second-order valence-corrected chi connectivity index (χ2v) is 8.14. The van der Waals surface area contributed by atoms with E-state index in [1.165, 1.54) is 16.5 Å². The molecule has 6 rings (SSSR count). The summed E-state index contributed by atoms with van der Waals surface area (Å²) in [6.45, 7) is 7.54. The standard InChI is InChI=1S/C23H23N5O2/c1-15-3-2-4-17-20(15)21-22(26-17)23(25-13-24-21)28-9-7-27(8-10-28)12-16-5-6-18-19(11-16)30-14-29-18/h2-6,11,13,26H,7-10,12,14H2,1H3/p+1. The molecular formula is C23H24N5O2+. The topological polar surface area (TPSA) is 67.7 Å². The largest absolute Gasteiger partial charge is 0.454 e. The van der Waals surface area contributed by atoms with Crippen molar-refractivity contribution in [3.63, 3.8) is 0 Å². The smallest absolute Gasteiger partial charge is 0.231 e. The second-order valence-electron chi connectivity index (χ2n) is 8.14. The fourth-order valence-corrected chi connectivity index (χ4v) is 4.69. The van der Waals surface area contributed by atoms with E-state index in [1.54, 1.807) is 11.2 Å². The zero-order valence-electron chi connectivity index (χ0n) is 16.9. The molecule has 0 saturated carbocycles. The SMILES string of the molecule is Cc1cccc2[nH]c3c(N4CC[NH+](Cc5ccc6c(c5)OCO6)CC4)ncnc3c12. The summed E-state index contributed by atoms with van der Waals surface area (Å²) in [6, 6.07) is 12.6. The number of hydrogen-bond acceptors (Lipinski definition) is 5. The van der Waals surface area contributed by atoms with Crippen LogP contribution < -0.4 is 19.3 Å². The maximum atomic E-state index is 5.52. The lowest BCUT2D eigenvalue weighted by molar-refractivity contribution is -0.914. The lowest BCUT2D eigenvalue weighted by atomic mass is 10.1. The molecule has 2 aliphatic rings. The van der Waals surface area contributed by atoms with Crippen LogP contribution >= 0.6 is 0 Å². The summed E-state index contributed by atoms with van der Waals surface area (Å²) in [4.78, 5) is 16.8. The summed E-state index contributed by atoms with van der Waals surface area (Å²) >= 11 is 0. The zero-order valence-corrected chi connectivity index (χ0v) is 16.9. The highest BCUT2D eigenvalue weighted by atomic mass is 16.7. The predicted molar refractivity (Wildman–Crippen MR) is 115 cm³/mol. The first-order valence-corrected chi connectivity index (χ1v) is 10.5. The Morgan fingerprint density at radius 2 is 1.93 bits per heavy atom. The van der Waals surface area contributed by atoms with Gasteiger partial charge in [0.25, 0.3) is 0 Å². The molecule has 1 saturated heterocycles. The number of aryl methyl sites for hydroxylation is 1. The minimum Gasteiger partial charge on any atom is -0.454 e. The molecule has 0 amide bonds. The van der Waals surface area contributed by atoms with E-state index in [2.05, 4.69) is 57.1 Å². The molecule has 7 nitrogen and oxygen atoms in total. The van der Waals surface area contributed by atoms with Crippen molar-refractivity contribution in [2.45, 2.75) is 13.5 Å². The number of ether oxygens (including phenoxy) is 2. The first-order chi connectivity index (χ1) is 14.8. The summed E-state index contributed by atoms with van der Waals surface area (Å²) in [6.07, 6.45) is 1.70.